The van der Waals surface area contributed by atoms with Crippen LogP contribution < -0.4 is 5.43 Å². The molecular formula is C21H16F2N4O3. The fraction of sp³-hybridized carbons (Fsp3) is 0.143. The van der Waals surface area contributed by atoms with E-state index >= 15 is 0 Å². The highest BCUT2D eigenvalue weighted by molar-refractivity contribution is 5.94. The van der Waals surface area contributed by atoms with Gasteiger partial charge in [0.15, 0.2) is 11.6 Å². The van der Waals surface area contributed by atoms with Crippen molar-refractivity contribution < 1.29 is 18.3 Å². The van der Waals surface area contributed by atoms with Gasteiger partial charge in [-0.15, -0.1) is 5.10 Å². The lowest BCUT2D eigenvalue weighted by Crippen LogP contribution is -2.21. The Labute approximate surface area is 169 Å². The highest BCUT2D eigenvalue weighted by Crippen LogP contribution is 2.22. The van der Waals surface area contributed by atoms with Crippen molar-refractivity contribution in [3.63, 3.8) is 0 Å². The van der Waals surface area contributed by atoms with Crippen molar-refractivity contribution >= 4 is 16.9 Å². The van der Waals surface area contributed by atoms with E-state index in [1.54, 1.807) is 42.2 Å². The van der Waals surface area contributed by atoms with Gasteiger partial charge in [0.1, 0.15) is 5.56 Å². The smallest absolute Gasteiger partial charge is 0.343 e. The predicted molar refractivity (Wildman–Crippen MR) is 105 cm³/mol. The number of hydrogen-bond acceptors (Lipinski definition) is 5. The van der Waals surface area contributed by atoms with Crippen LogP contribution in [0.1, 0.15) is 22.8 Å². The Kier molecular flexibility index (Phi) is 5.09. The van der Waals surface area contributed by atoms with Gasteiger partial charge in [-0.05, 0) is 30.7 Å². The zero-order chi connectivity index (χ0) is 21.3. The summed E-state index contributed by atoms with van der Waals surface area (Å²) in [6.07, 6.45) is 4.55. The van der Waals surface area contributed by atoms with E-state index in [-0.39, 0.29) is 23.1 Å². The van der Waals surface area contributed by atoms with Crippen molar-refractivity contribution in [1.29, 1.82) is 0 Å². The van der Waals surface area contributed by atoms with Gasteiger partial charge < -0.3 is 9.30 Å². The van der Waals surface area contributed by atoms with Gasteiger partial charge >= 0.3 is 5.97 Å². The summed E-state index contributed by atoms with van der Waals surface area (Å²) in [5.41, 5.74) is 0.540. The number of esters is 1. The predicted octanol–water partition coefficient (Wildman–Crippen LogP) is 3.09. The largest absolute Gasteiger partial charge is 0.462 e. The van der Waals surface area contributed by atoms with Crippen LogP contribution in [0.4, 0.5) is 8.78 Å². The van der Waals surface area contributed by atoms with E-state index < -0.39 is 23.0 Å². The molecule has 7 nitrogen and oxygen atoms in total. The van der Waals surface area contributed by atoms with Gasteiger partial charge in [0.2, 0.25) is 5.43 Å². The zero-order valence-corrected chi connectivity index (χ0v) is 15.9. The Morgan fingerprint density at radius 2 is 1.97 bits per heavy atom. The monoisotopic (exact) mass is 410 g/mol. The van der Waals surface area contributed by atoms with Crippen LogP contribution in [-0.2, 0) is 11.3 Å². The molecule has 0 atom stereocenters. The molecule has 0 N–H and O–H groups in total. The molecule has 0 aliphatic rings. The van der Waals surface area contributed by atoms with Crippen LogP contribution in [-0.4, -0.2) is 32.1 Å². The molecule has 9 heteroatoms. The molecule has 2 aromatic carbocycles. The average Bonchev–Trinajstić information content (AvgIpc) is 3.23. The molecule has 2 heterocycles. The van der Waals surface area contributed by atoms with Crippen molar-refractivity contribution in [2.24, 2.45) is 0 Å². The first kappa shape index (κ1) is 19.4. The molecule has 4 aromatic rings. The van der Waals surface area contributed by atoms with Gasteiger partial charge in [-0.25, -0.2) is 18.3 Å². The van der Waals surface area contributed by atoms with E-state index in [9.17, 15) is 18.4 Å². The van der Waals surface area contributed by atoms with Crippen LogP contribution >= 0.6 is 0 Å². The minimum Gasteiger partial charge on any atom is -0.462 e. The number of benzene rings is 2. The first-order valence-corrected chi connectivity index (χ1v) is 9.13. The van der Waals surface area contributed by atoms with E-state index in [0.29, 0.717) is 12.2 Å². The Morgan fingerprint density at radius 1 is 1.17 bits per heavy atom. The summed E-state index contributed by atoms with van der Waals surface area (Å²) in [7, 11) is 0. The van der Waals surface area contributed by atoms with E-state index in [4.69, 9.17) is 4.74 Å². The molecule has 0 radical (unpaired) electrons. The molecule has 152 valence electrons. The Balaban J connectivity index is 1.93. The number of nitrogens with zero attached hydrogens (tertiary/aromatic N) is 4. The SMILES string of the molecule is CCOC(=O)c1cn(-c2cccc(Cn3ccnn3)c2)c2cc(F)c(F)cc2c1=O. The topological polar surface area (TPSA) is 79.0 Å². The number of pyridine rings is 1. The fourth-order valence-electron chi connectivity index (χ4n) is 3.20. The lowest BCUT2D eigenvalue weighted by molar-refractivity contribution is 0.0524. The maximum atomic E-state index is 14.0. The fourth-order valence-corrected chi connectivity index (χ4v) is 3.20. The first-order valence-electron chi connectivity index (χ1n) is 9.13. The zero-order valence-electron chi connectivity index (χ0n) is 15.9. The highest BCUT2D eigenvalue weighted by Gasteiger charge is 2.19. The lowest BCUT2D eigenvalue weighted by Gasteiger charge is -2.15. The first-order chi connectivity index (χ1) is 14.5. The summed E-state index contributed by atoms with van der Waals surface area (Å²) in [4.78, 5) is 25.0. The van der Waals surface area contributed by atoms with Crippen molar-refractivity contribution in [1.82, 2.24) is 19.6 Å². The normalized spacial score (nSPS) is 11.0. The molecule has 0 saturated heterocycles. The lowest BCUT2D eigenvalue weighted by atomic mass is 10.1. The number of carbonyl (C=O) groups is 1. The van der Waals surface area contributed by atoms with Crippen LogP contribution in [0.5, 0.6) is 0 Å². The minimum absolute atomic E-state index is 0.0709. The molecule has 4 rings (SSSR count). The quantitative estimate of drug-likeness (QED) is 0.473. The van der Waals surface area contributed by atoms with Gasteiger partial charge in [-0.1, -0.05) is 17.3 Å². The number of hydrogen-bond donors (Lipinski definition) is 0. The molecule has 0 unspecified atom stereocenters. The second kappa shape index (κ2) is 7.86. The number of aromatic nitrogens is 4. The number of halogens is 2. The van der Waals surface area contributed by atoms with Gasteiger partial charge in [0, 0.05) is 24.1 Å². The van der Waals surface area contributed by atoms with E-state index in [2.05, 4.69) is 10.3 Å². The van der Waals surface area contributed by atoms with Gasteiger partial charge in [0.05, 0.1) is 30.3 Å². The summed E-state index contributed by atoms with van der Waals surface area (Å²) in [6, 6.07) is 8.89. The Hall–Kier alpha value is -3.88. The molecule has 0 amide bonds. The molecule has 0 aliphatic heterocycles. The maximum absolute atomic E-state index is 14.0. The summed E-state index contributed by atoms with van der Waals surface area (Å²) in [6.45, 7) is 2.11. The van der Waals surface area contributed by atoms with Crippen LogP contribution in [0.3, 0.4) is 0 Å². The van der Waals surface area contributed by atoms with Crippen LogP contribution in [0.25, 0.3) is 16.6 Å². The van der Waals surface area contributed by atoms with E-state index in [1.165, 1.54) is 10.8 Å². The summed E-state index contributed by atoms with van der Waals surface area (Å²) < 4.78 is 35.9. The minimum atomic E-state index is -1.17. The molecule has 0 aliphatic carbocycles. The second-order valence-electron chi connectivity index (χ2n) is 6.52. The molecule has 0 saturated carbocycles. The van der Waals surface area contributed by atoms with Gasteiger partial charge in [-0.3, -0.25) is 4.79 Å². The summed E-state index contributed by atoms with van der Waals surface area (Å²) in [5.74, 6) is -3.10. The highest BCUT2D eigenvalue weighted by atomic mass is 19.2. The van der Waals surface area contributed by atoms with E-state index in [0.717, 1.165) is 17.7 Å². The maximum Gasteiger partial charge on any atom is 0.343 e. The second-order valence-corrected chi connectivity index (χ2v) is 6.52. The Bertz CT molecular complexity index is 1300. The molecule has 0 spiro atoms. The average molecular weight is 410 g/mol. The number of rotatable bonds is 5. The van der Waals surface area contributed by atoms with Crippen molar-refractivity contribution in [2.45, 2.75) is 13.5 Å². The molecule has 0 bridgehead atoms. The third-order valence-corrected chi connectivity index (χ3v) is 4.55. The van der Waals surface area contributed by atoms with Crippen LogP contribution in [0.2, 0.25) is 0 Å². The van der Waals surface area contributed by atoms with Crippen LogP contribution in [0.15, 0.2) is 59.8 Å². The van der Waals surface area contributed by atoms with Crippen molar-refractivity contribution in [2.75, 3.05) is 6.61 Å². The molecule has 30 heavy (non-hydrogen) atoms. The van der Waals surface area contributed by atoms with Crippen molar-refractivity contribution in [3.05, 3.63) is 88.0 Å². The summed E-state index contributed by atoms with van der Waals surface area (Å²) >= 11 is 0. The van der Waals surface area contributed by atoms with Crippen LogP contribution in [0, 0.1) is 11.6 Å². The number of carbonyl (C=O) groups excluding carboxylic acids is 1. The number of ether oxygens (including phenoxy) is 1. The Morgan fingerprint density at radius 3 is 2.70 bits per heavy atom. The molecule has 0 fully saturated rings. The standard InChI is InChI=1S/C21H16F2N4O3/c1-2-30-21(29)16-12-27(19-10-18(23)17(22)9-15(19)20(16)28)14-5-3-4-13(8-14)11-26-7-6-24-25-26/h3-10,12H,2,11H2,1H3. The number of fused-ring (bicyclic) bond motifs is 1. The third-order valence-electron chi connectivity index (χ3n) is 4.55. The third kappa shape index (κ3) is 3.57. The van der Waals surface area contributed by atoms with Gasteiger partial charge in [-0.2, -0.15) is 0 Å². The summed E-state index contributed by atoms with van der Waals surface area (Å²) in [5, 5.41) is 7.56. The van der Waals surface area contributed by atoms with Crippen molar-refractivity contribution in [3.8, 4) is 5.69 Å². The van der Waals surface area contributed by atoms with E-state index in [1.807, 2.05) is 6.07 Å². The van der Waals surface area contributed by atoms with Gasteiger partial charge in [0.25, 0.3) is 0 Å². The molecule has 2 aromatic heterocycles. The molecular weight excluding hydrogens is 394 g/mol.